The Balaban J connectivity index is 3.05. The van der Waals surface area contributed by atoms with Crippen LogP contribution in [0.2, 0.25) is 0 Å². The number of carbonyl (C=O) groups excluding carboxylic acids is 1. The van der Waals surface area contributed by atoms with Gasteiger partial charge in [0.05, 0.1) is 0 Å². The number of nitrogens with one attached hydrogen (secondary N) is 2. The Hall–Kier alpha value is -0.610. The van der Waals surface area contributed by atoms with Crippen LogP contribution < -0.4 is 10.6 Å². The smallest absolute Gasteiger partial charge is 0.221 e. The van der Waals surface area contributed by atoms with E-state index in [4.69, 9.17) is 5.11 Å². The molecule has 0 aliphatic carbocycles. The second-order valence-electron chi connectivity index (χ2n) is 1.97. The van der Waals surface area contributed by atoms with Gasteiger partial charge in [0, 0.05) is 6.42 Å². The molecular formula is C6H14N2O2. The van der Waals surface area contributed by atoms with Gasteiger partial charge in [0.15, 0.2) is 0 Å². The molecule has 0 spiro atoms. The third-order valence-electron chi connectivity index (χ3n) is 1.11. The minimum atomic E-state index is -0.265. The lowest BCUT2D eigenvalue weighted by Crippen LogP contribution is -2.24. The summed E-state index contributed by atoms with van der Waals surface area (Å²) in [6, 6.07) is 0. The molecular weight excluding hydrogens is 132 g/mol. The SMILES string of the molecule is CNCCCC(=O)NCO. The largest absolute Gasteiger partial charge is 0.377 e. The van der Waals surface area contributed by atoms with Gasteiger partial charge in [-0.15, -0.1) is 0 Å². The fraction of sp³-hybridized carbons (Fsp3) is 0.833. The van der Waals surface area contributed by atoms with Crippen LogP contribution in [-0.2, 0) is 4.79 Å². The first-order valence-corrected chi connectivity index (χ1v) is 3.33. The minimum Gasteiger partial charge on any atom is -0.377 e. The molecule has 0 saturated carbocycles. The molecule has 0 aromatic heterocycles. The quantitative estimate of drug-likeness (QED) is 0.346. The van der Waals surface area contributed by atoms with Gasteiger partial charge in [-0.05, 0) is 20.0 Å². The van der Waals surface area contributed by atoms with E-state index in [2.05, 4.69) is 10.6 Å². The summed E-state index contributed by atoms with van der Waals surface area (Å²) in [6.07, 6.45) is 1.28. The number of carbonyl (C=O) groups is 1. The lowest BCUT2D eigenvalue weighted by Gasteiger charge is -1.99. The van der Waals surface area contributed by atoms with Gasteiger partial charge in [0.1, 0.15) is 6.73 Å². The Morgan fingerprint density at radius 2 is 2.30 bits per heavy atom. The maximum Gasteiger partial charge on any atom is 0.221 e. The molecule has 60 valence electrons. The van der Waals surface area contributed by atoms with Crippen LogP contribution in [0.3, 0.4) is 0 Å². The van der Waals surface area contributed by atoms with Crippen LogP contribution in [0.1, 0.15) is 12.8 Å². The van der Waals surface area contributed by atoms with E-state index in [1.54, 1.807) is 0 Å². The summed E-state index contributed by atoms with van der Waals surface area (Å²) in [5.41, 5.74) is 0. The van der Waals surface area contributed by atoms with Crippen molar-refractivity contribution in [1.82, 2.24) is 10.6 Å². The van der Waals surface area contributed by atoms with Crippen molar-refractivity contribution in [2.75, 3.05) is 20.3 Å². The van der Waals surface area contributed by atoms with Crippen LogP contribution >= 0.6 is 0 Å². The summed E-state index contributed by atoms with van der Waals surface area (Å²) in [5, 5.41) is 13.5. The third-order valence-corrected chi connectivity index (χ3v) is 1.11. The van der Waals surface area contributed by atoms with E-state index in [-0.39, 0.29) is 12.6 Å². The Bertz CT molecular complexity index is 95.7. The summed E-state index contributed by atoms with van der Waals surface area (Å²) < 4.78 is 0. The van der Waals surface area contributed by atoms with Crippen LogP contribution in [0.4, 0.5) is 0 Å². The highest BCUT2D eigenvalue weighted by Gasteiger charge is 1.96. The highest BCUT2D eigenvalue weighted by atomic mass is 16.3. The standard InChI is InChI=1S/C6H14N2O2/c1-7-4-2-3-6(10)8-5-9/h7,9H,2-5H2,1H3,(H,8,10). The van der Waals surface area contributed by atoms with Crippen molar-refractivity contribution in [3.8, 4) is 0 Å². The fourth-order valence-electron chi connectivity index (χ4n) is 0.602. The number of hydrogen-bond acceptors (Lipinski definition) is 3. The molecule has 1 amide bonds. The highest BCUT2D eigenvalue weighted by Crippen LogP contribution is 1.84. The second kappa shape index (κ2) is 6.51. The van der Waals surface area contributed by atoms with E-state index in [9.17, 15) is 4.79 Å². The van der Waals surface area contributed by atoms with Crippen molar-refractivity contribution in [2.45, 2.75) is 12.8 Å². The first kappa shape index (κ1) is 9.39. The average molecular weight is 146 g/mol. The van der Waals surface area contributed by atoms with Gasteiger partial charge in [-0.1, -0.05) is 0 Å². The number of aliphatic hydroxyl groups excluding tert-OH is 1. The molecule has 4 nitrogen and oxygen atoms in total. The first-order valence-electron chi connectivity index (χ1n) is 3.33. The van der Waals surface area contributed by atoms with Crippen molar-refractivity contribution < 1.29 is 9.90 Å². The molecule has 0 aromatic carbocycles. The fourth-order valence-corrected chi connectivity index (χ4v) is 0.602. The Kier molecular flexibility index (Phi) is 6.11. The zero-order chi connectivity index (χ0) is 7.82. The molecule has 0 heterocycles. The van der Waals surface area contributed by atoms with Crippen molar-refractivity contribution in [1.29, 1.82) is 0 Å². The van der Waals surface area contributed by atoms with E-state index in [1.807, 2.05) is 7.05 Å². The first-order chi connectivity index (χ1) is 4.81. The van der Waals surface area contributed by atoms with Crippen molar-refractivity contribution in [3.05, 3.63) is 0 Å². The van der Waals surface area contributed by atoms with Crippen molar-refractivity contribution >= 4 is 5.91 Å². The molecule has 0 fully saturated rings. The van der Waals surface area contributed by atoms with Crippen LogP contribution in [-0.4, -0.2) is 31.3 Å². The van der Waals surface area contributed by atoms with E-state index in [0.717, 1.165) is 13.0 Å². The van der Waals surface area contributed by atoms with Crippen LogP contribution in [0.5, 0.6) is 0 Å². The lowest BCUT2D eigenvalue weighted by molar-refractivity contribution is -0.122. The van der Waals surface area contributed by atoms with Gasteiger partial charge < -0.3 is 15.7 Å². The van der Waals surface area contributed by atoms with E-state index in [1.165, 1.54) is 0 Å². The number of amides is 1. The lowest BCUT2D eigenvalue weighted by atomic mass is 10.3. The normalized spacial score (nSPS) is 9.40. The maximum atomic E-state index is 10.6. The molecule has 0 saturated heterocycles. The van der Waals surface area contributed by atoms with Gasteiger partial charge in [0.25, 0.3) is 0 Å². The topological polar surface area (TPSA) is 61.4 Å². The molecule has 0 aliphatic rings. The Labute approximate surface area is 60.6 Å². The van der Waals surface area contributed by atoms with E-state index >= 15 is 0 Å². The van der Waals surface area contributed by atoms with Gasteiger partial charge in [-0.3, -0.25) is 4.79 Å². The molecule has 10 heavy (non-hydrogen) atoms. The zero-order valence-corrected chi connectivity index (χ0v) is 6.18. The summed E-state index contributed by atoms with van der Waals surface area (Å²) in [7, 11) is 1.84. The number of aliphatic hydroxyl groups is 1. The van der Waals surface area contributed by atoms with Crippen LogP contribution in [0, 0.1) is 0 Å². The van der Waals surface area contributed by atoms with E-state index in [0.29, 0.717) is 6.42 Å². The van der Waals surface area contributed by atoms with Crippen molar-refractivity contribution in [2.24, 2.45) is 0 Å². The molecule has 4 heteroatoms. The monoisotopic (exact) mass is 146 g/mol. The van der Waals surface area contributed by atoms with Gasteiger partial charge in [0.2, 0.25) is 5.91 Å². The summed E-state index contributed by atoms with van der Waals surface area (Å²) in [6.45, 7) is 0.567. The number of rotatable bonds is 5. The zero-order valence-electron chi connectivity index (χ0n) is 6.18. The average Bonchev–Trinajstić information content (AvgIpc) is 1.89. The van der Waals surface area contributed by atoms with Gasteiger partial charge >= 0.3 is 0 Å². The molecule has 3 N–H and O–H groups in total. The number of hydrogen-bond donors (Lipinski definition) is 3. The molecule has 0 atom stereocenters. The predicted octanol–water partition coefficient (Wildman–Crippen LogP) is -0.948. The molecule has 0 unspecified atom stereocenters. The van der Waals surface area contributed by atoms with Gasteiger partial charge in [-0.2, -0.15) is 0 Å². The van der Waals surface area contributed by atoms with Crippen LogP contribution in [0.25, 0.3) is 0 Å². The molecule has 0 bridgehead atoms. The van der Waals surface area contributed by atoms with Crippen molar-refractivity contribution in [3.63, 3.8) is 0 Å². The predicted molar refractivity (Wildman–Crippen MR) is 38.4 cm³/mol. The molecule has 0 rings (SSSR count). The summed E-state index contributed by atoms with van der Waals surface area (Å²) in [5.74, 6) is -0.0993. The molecule has 0 aromatic rings. The second-order valence-corrected chi connectivity index (χ2v) is 1.97. The molecule has 0 aliphatic heterocycles. The maximum absolute atomic E-state index is 10.6. The Morgan fingerprint density at radius 1 is 1.60 bits per heavy atom. The van der Waals surface area contributed by atoms with Crippen LogP contribution in [0.15, 0.2) is 0 Å². The highest BCUT2D eigenvalue weighted by molar-refractivity contribution is 5.75. The third kappa shape index (κ3) is 5.53. The van der Waals surface area contributed by atoms with Gasteiger partial charge in [-0.25, -0.2) is 0 Å². The Morgan fingerprint density at radius 3 is 2.80 bits per heavy atom. The van der Waals surface area contributed by atoms with E-state index < -0.39 is 0 Å². The summed E-state index contributed by atoms with van der Waals surface area (Å²) >= 11 is 0. The summed E-state index contributed by atoms with van der Waals surface area (Å²) in [4.78, 5) is 10.6. The minimum absolute atomic E-state index is 0.0993. The molecule has 0 radical (unpaired) electrons.